The molecule has 3 nitrogen and oxygen atoms in total. The second-order valence-electron chi connectivity index (χ2n) is 4.64. The van der Waals surface area contributed by atoms with Crippen LogP contribution in [-0.4, -0.2) is 4.98 Å². The Hall–Kier alpha value is -2.69. The minimum atomic E-state index is -0.577. The molecule has 21 heavy (non-hydrogen) atoms. The van der Waals surface area contributed by atoms with E-state index in [1.165, 1.54) is 6.20 Å². The fraction of sp³-hybridized carbons (Fsp3) is 0.0625. The summed E-state index contributed by atoms with van der Waals surface area (Å²) in [5, 5.41) is 2.62. The zero-order valence-electron chi connectivity index (χ0n) is 11.2. The Morgan fingerprint density at radius 3 is 2.57 bits per heavy atom. The maximum absolute atomic E-state index is 13.5. The molecule has 0 unspecified atom stereocenters. The van der Waals surface area contributed by atoms with Gasteiger partial charge < -0.3 is 9.73 Å². The molecule has 2 aromatic carbocycles. The second-order valence-corrected chi connectivity index (χ2v) is 4.64. The minimum absolute atomic E-state index is 0.0210. The van der Waals surface area contributed by atoms with Gasteiger partial charge in [0.2, 0.25) is 0 Å². The molecule has 0 aliphatic heterocycles. The fourth-order valence-electron chi connectivity index (χ4n) is 1.89. The molecule has 0 amide bonds. The molecule has 1 heterocycles. The van der Waals surface area contributed by atoms with E-state index in [2.05, 4.69) is 10.3 Å². The predicted octanol–water partition coefficient (Wildman–Crippen LogP) is 4.67. The molecule has 0 aliphatic carbocycles. The lowest BCUT2D eigenvalue weighted by Crippen LogP contribution is -1.94. The van der Waals surface area contributed by atoms with Crippen LogP contribution in [0.25, 0.3) is 11.3 Å². The monoisotopic (exact) mass is 286 g/mol. The lowest BCUT2D eigenvalue weighted by atomic mass is 10.1. The highest BCUT2D eigenvalue weighted by Crippen LogP contribution is 2.26. The standard InChI is InChI=1S/C16H12F2N2O/c1-10-2-4-11(5-3-10)15-9-19-16(21-15)20-14-8-12(17)6-7-13(14)18/h2-9H,1H3,(H,19,20). The number of aromatic nitrogens is 1. The summed E-state index contributed by atoms with van der Waals surface area (Å²) in [7, 11) is 0. The maximum atomic E-state index is 13.5. The van der Waals surface area contributed by atoms with Crippen molar-refractivity contribution in [3.63, 3.8) is 0 Å². The van der Waals surface area contributed by atoms with Gasteiger partial charge in [0, 0.05) is 11.6 Å². The first kappa shape index (κ1) is 13.3. The summed E-state index contributed by atoms with van der Waals surface area (Å²) in [5.41, 5.74) is 1.98. The number of oxazole rings is 1. The largest absolute Gasteiger partial charge is 0.423 e. The highest BCUT2D eigenvalue weighted by atomic mass is 19.1. The van der Waals surface area contributed by atoms with Gasteiger partial charge in [-0.25, -0.2) is 13.8 Å². The SMILES string of the molecule is Cc1ccc(-c2cnc(Nc3cc(F)ccc3F)o2)cc1. The number of benzene rings is 2. The first-order valence-corrected chi connectivity index (χ1v) is 6.37. The van der Waals surface area contributed by atoms with Crippen molar-refractivity contribution in [3.8, 4) is 11.3 Å². The van der Waals surface area contributed by atoms with Crippen molar-refractivity contribution in [1.82, 2.24) is 4.98 Å². The summed E-state index contributed by atoms with van der Waals surface area (Å²) in [4.78, 5) is 4.01. The number of anilines is 2. The topological polar surface area (TPSA) is 38.1 Å². The van der Waals surface area contributed by atoms with Crippen LogP contribution in [0, 0.1) is 18.6 Å². The molecular formula is C16H12F2N2O. The second kappa shape index (κ2) is 5.36. The Bertz CT molecular complexity index is 766. The van der Waals surface area contributed by atoms with Crippen LogP contribution in [-0.2, 0) is 0 Å². The van der Waals surface area contributed by atoms with Gasteiger partial charge in [-0.05, 0) is 19.1 Å². The van der Waals surface area contributed by atoms with Gasteiger partial charge in [0.1, 0.15) is 11.6 Å². The maximum Gasteiger partial charge on any atom is 0.299 e. The van der Waals surface area contributed by atoms with Crippen molar-refractivity contribution < 1.29 is 13.2 Å². The first-order valence-electron chi connectivity index (χ1n) is 6.37. The van der Waals surface area contributed by atoms with Gasteiger partial charge in [-0.15, -0.1) is 0 Å². The Kier molecular flexibility index (Phi) is 3.39. The van der Waals surface area contributed by atoms with E-state index >= 15 is 0 Å². The summed E-state index contributed by atoms with van der Waals surface area (Å²) in [6.45, 7) is 1.99. The Labute approximate surface area is 120 Å². The molecule has 0 fully saturated rings. The van der Waals surface area contributed by atoms with Crippen molar-refractivity contribution in [3.05, 3.63) is 65.9 Å². The molecule has 3 rings (SSSR count). The molecule has 0 aliphatic rings. The molecule has 0 bridgehead atoms. The number of rotatable bonds is 3. The highest BCUT2D eigenvalue weighted by molar-refractivity contribution is 5.60. The van der Waals surface area contributed by atoms with Crippen LogP contribution in [0.2, 0.25) is 0 Å². The summed E-state index contributed by atoms with van der Waals surface area (Å²) in [6.07, 6.45) is 1.53. The quantitative estimate of drug-likeness (QED) is 0.760. The van der Waals surface area contributed by atoms with Crippen molar-refractivity contribution in [2.24, 2.45) is 0 Å². The minimum Gasteiger partial charge on any atom is -0.423 e. The molecule has 1 aromatic heterocycles. The van der Waals surface area contributed by atoms with E-state index in [1.54, 1.807) is 0 Å². The number of nitrogens with zero attached hydrogens (tertiary/aromatic N) is 1. The molecule has 0 atom stereocenters. The van der Waals surface area contributed by atoms with E-state index < -0.39 is 11.6 Å². The normalized spacial score (nSPS) is 10.6. The van der Waals surface area contributed by atoms with E-state index in [9.17, 15) is 8.78 Å². The van der Waals surface area contributed by atoms with Crippen LogP contribution >= 0.6 is 0 Å². The zero-order chi connectivity index (χ0) is 14.8. The third-order valence-corrected chi connectivity index (χ3v) is 3.01. The Balaban J connectivity index is 1.85. The van der Waals surface area contributed by atoms with Crippen molar-refractivity contribution in [2.75, 3.05) is 5.32 Å². The molecule has 0 spiro atoms. The number of hydrogen-bond donors (Lipinski definition) is 1. The molecule has 3 aromatic rings. The van der Waals surface area contributed by atoms with Crippen LogP contribution < -0.4 is 5.32 Å². The Morgan fingerprint density at radius 2 is 1.81 bits per heavy atom. The van der Waals surface area contributed by atoms with Crippen LogP contribution in [0.4, 0.5) is 20.5 Å². The van der Waals surface area contributed by atoms with Gasteiger partial charge >= 0.3 is 0 Å². The average Bonchev–Trinajstić information content (AvgIpc) is 2.92. The highest BCUT2D eigenvalue weighted by Gasteiger charge is 2.09. The van der Waals surface area contributed by atoms with Crippen molar-refractivity contribution >= 4 is 11.7 Å². The number of aryl methyl sites for hydroxylation is 1. The van der Waals surface area contributed by atoms with E-state index in [4.69, 9.17) is 4.42 Å². The van der Waals surface area contributed by atoms with Gasteiger partial charge in [0.15, 0.2) is 5.76 Å². The van der Waals surface area contributed by atoms with Gasteiger partial charge in [-0.3, -0.25) is 0 Å². The van der Waals surface area contributed by atoms with Crippen molar-refractivity contribution in [2.45, 2.75) is 6.92 Å². The van der Waals surface area contributed by atoms with Crippen LogP contribution in [0.3, 0.4) is 0 Å². The van der Waals surface area contributed by atoms with Gasteiger partial charge in [-0.1, -0.05) is 29.8 Å². The van der Waals surface area contributed by atoms with Crippen LogP contribution in [0.1, 0.15) is 5.56 Å². The molecule has 1 N–H and O–H groups in total. The lowest BCUT2D eigenvalue weighted by molar-refractivity contribution is 0.583. The molecular weight excluding hydrogens is 274 g/mol. The van der Waals surface area contributed by atoms with E-state index in [0.29, 0.717) is 5.76 Å². The number of halogens is 2. The summed E-state index contributed by atoms with van der Waals surface area (Å²) >= 11 is 0. The van der Waals surface area contributed by atoms with E-state index in [0.717, 1.165) is 29.3 Å². The zero-order valence-corrected chi connectivity index (χ0v) is 11.2. The number of nitrogens with one attached hydrogen (secondary N) is 1. The molecule has 5 heteroatoms. The molecule has 0 saturated carbocycles. The smallest absolute Gasteiger partial charge is 0.299 e. The summed E-state index contributed by atoms with van der Waals surface area (Å²) in [6, 6.07) is 11.0. The summed E-state index contributed by atoms with van der Waals surface area (Å²) in [5.74, 6) is -0.565. The van der Waals surface area contributed by atoms with Crippen LogP contribution in [0.5, 0.6) is 0 Å². The third kappa shape index (κ3) is 2.91. The molecule has 106 valence electrons. The summed E-state index contributed by atoms with van der Waals surface area (Å²) < 4.78 is 32.1. The van der Waals surface area contributed by atoms with Gasteiger partial charge in [-0.2, -0.15) is 0 Å². The van der Waals surface area contributed by atoms with Gasteiger partial charge in [0.05, 0.1) is 11.9 Å². The third-order valence-electron chi connectivity index (χ3n) is 3.01. The van der Waals surface area contributed by atoms with Gasteiger partial charge in [0.25, 0.3) is 6.01 Å². The van der Waals surface area contributed by atoms with Crippen molar-refractivity contribution in [1.29, 1.82) is 0 Å². The van der Waals surface area contributed by atoms with E-state index in [1.807, 2.05) is 31.2 Å². The van der Waals surface area contributed by atoms with E-state index in [-0.39, 0.29) is 11.7 Å². The fourth-order valence-corrected chi connectivity index (χ4v) is 1.89. The Morgan fingerprint density at radius 1 is 1.05 bits per heavy atom. The van der Waals surface area contributed by atoms with Crippen LogP contribution in [0.15, 0.2) is 53.1 Å². The first-order chi connectivity index (χ1) is 10.1. The average molecular weight is 286 g/mol. The predicted molar refractivity (Wildman–Crippen MR) is 76.3 cm³/mol. The number of hydrogen-bond acceptors (Lipinski definition) is 3. The molecule has 0 saturated heterocycles. The molecule has 0 radical (unpaired) electrons. The lowest BCUT2D eigenvalue weighted by Gasteiger charge is -2.03.